The maximum atomic E-state index is 11.8. The molecule has 0 saturated carbocycles. The maximum Gasteiger partial charge on any atom is 0.239 e. The summed E-state index contributed by atoms with van der Waals surface area (Å²) < 4.78 is 0. The Morgan fingerprint density at radius 3 is 2.88 bits per heavy atom. The highest BCUT2D eigenvalue weighted by Crippen LogP contribution is 2.25. The van der Waals surface area contributed by atoms with Gasteiger partial charge in [-0.1, -0.05) is 13.8 Å². The van der Waals surface area contributed by atoms with Gasteiger partial charge in [0.1, 0.15) is 0 Å². The average molecular weight is 228 g/mol. The lowest BCUT2D eigenvalue weighted by Crippen LogP contribution is -2.51. The van der Waals surface area contributed by atoms with E-state index in [0.29, 0.717) is 0 Å². The molecule has 1 amide bonds. The first-order chi connectivity index (χ1) is 7.46. The first kappa shape index (κ1) is 13.5. The molecular formula is C12H24N2O2. The van der Waals surface area contributed by atoms with Crippen LogP contribution < -0.4 is 5.73 Å². The van der Waals surface area contributed by atoms with E-state index in [4.69, 9.17) is 10.8 Å². The second-order valence-electron chi connectivity index (χ2n) is 5.50. The Hall–Kier alpha value is -0.610. The molecule has 1 atom stereocenters. The lowest BCUT2D eigenvalue weighted by atomic mass is 9.86. The molecule has 1 heterocycles. The van der Waals surface area contributed by atoms with Gasteiger partial charge in [0.25, 0.3) is 0 Å². The Balaban J connectivity index is 2.48. The van der Waals surface area contributed by atoms with E-state index in [9.17, 15) is 4.79 Å². The molecule has 16 heavy (non-hydrogen) atoms. The molecule has 1 saturated heterocycles. The van der Waals surface area contributed by atoms with Crippen molar-refractivity contribution in [1.82, 2.24) is 4.90 Å². The Kier molecular flexibility index (Phi) is 4.74. The number of rotatable bonds is 5. The zero-order valence-corrected chi connectivity index (χ0v) is 10.4. The first-order valence-corrected chi connectivity index (χ1v) is 6.11. The normalized spacial score (nSPS) is 22.6. The van der Waals surface area contributed by atoms with E-state index in [1.54, 1.807) is 0 Å². The van der Waals surface area contributed by atoms with Crippen molar-refractivity contribution in [3.8, 4) is 0 Å². The predicted octanol–water partition coefficient (Wildman–Crippen LogP) is 0.735. The van der Waals surface area contributed by atoms with Gasteiger partial charge in [-0.05, 0) is 31.1 Å². The molecule has 1 rings (SSSR count). The molecule has 0 bridgehead atoms. The van der Waals surface area contributed by atoms with E-state index in [2.05, 4.69) is 13.8 Å². The Morgan fingerprint density at radius 1 is 1.56 bits per heavy atom. The second kappa shape index (κ2) is 5.64. The van der Waals surface area contributed by atoms with Crippen molar-refractivity contribution >= 4 is 5.91 Å². The van der Waals surface area contributed by atoms with Crippen LogP contribution in [0.3, 0.4) is 0 Å². The summed E-state index contributed by atoms with van der Waals surface area (Å²) in [5, 5.41) is 8.83. The molecule has 4 nitrogen and oxygen atoms in total. The summed E-state index contributed by atoms with van der Waals surface area (Å²) in [4.78, 5) is 13.7. The highest BCUT2D eigenvalue weighted by molar-refractivity contribution is 5.82. The highest BCUT2D eigenvalue weighted by Gasteiger charge is 2.30. The third kappa shape index (κ3) is 3.76. The van der Waals surface area contributed by atoms with E-state index in [-0.39, 0.29) is 24.0 Å². The number of hydrogen-bond donors (Lipinski definition) is 2. The molecule has 1 aliphatic rings. The number of carbonyl (C=O) groups excluding carboxylic acids is 1. The topological polar surface area (TPSA) is 66.6 Å². The van der Waals surface area contributed by atoms with Crippen LogP contribution in [-0.2, 0) is 4.79 Å². The van der Waals surface area contributed by atoms with Crippen molar-refractivity contribution in [3.05, 3.63) is 0 Å². The van der Waals surface area contributed by atoms with E-state index in [1.807, 2.05) is 4.90 Å². The van der Waals surface area contributed by atoms with Crippen molar-refractivity contribution in [3.63, 3.8) is 0 Å². The van der Waals surface area contributed by atoms with Crippen LogP contribution in [0.2, 0.25) is 0 Å². The van der Waals surface area contributed by atoms with Crippen LogP contribution in [0.4, 0.5) is 0 Å². The smallest absolute Gasteiger partial charge is 0.239 e. The third-order valence-electron chi connectivity index (χ3n) is 3.20. The summed E-state index contributed by atoms with van der Waals surface area (Å²) in [6.45, 7) is 6.07. The fourth-order valence-corrected chi connectivity index (χ4v) is 2.28. The van der Waals surface area contributed by atoms with Gasteiger partial charge in [-0.2, -0.15) is 0 Å². The highest BCUT2D eigenvalue weighted by atomic mass is 16.2. The summed E-state index contributed by atoms with van der Waals surface area (Å²) >= 11 is 0. The van der Waals surface area contributed by atoms with Gasteiger partial charge in [0.05, 0.1) is 6.04 Å². The second-order valence-corrected chi connectivity index (χ2v) is 5.50. The van der Waals surface area contributed by atoms with Crippen LogP contribution >= 0.6 is 0 Å². The van der Waals surface area contributed by atoms with Gasteiger partial charge in [-0.25, -0.2) is 0 Å². The van der Waals surface area contributed by atoms with Crippen molar-refractivity contribution in [2.24, 2.45) is 11.1 Å². The summed E-state index contributed by atoms with van der Waals surface area (Å²) in [6, 6.07) is -0.303. The van der Waals surface area contributed by atoms with Gasteiger partial charge in [0.2, 0.25) is 5.91 Å². The summed E-state index contributed by atoms with van der Waals surface area (Å²) in [5.74, 6) is 0.0864. The van der Waals surface area contributed by atoms with E-state index in [1.165, 1.54) is 0 Å². The summed E-state index contributed by atoms with van der Waals surface area (Å²) in [5.41, 5.74) is 5.82. The van der Waals surface area contributed by atoms with Crippen LogP contribution in [-0.4, -0.2) is 41.7 Å². The van der Waals surface area contributed by atoms with Gasteiger partial charge < -0.3 is 15.7 Å². The molecule has 0 aliphatic carbocycles. The summed E-state index contributed by atoms with van der Waals surface area (Å²) in [6.07, 6.45) is 3.54. The molecule has 0 radical (unpaired) electrons. The van der Waals surface area contributed by atoms with E-state index >= 15 is 0 Å². The minimum Gasteiger partial charge on any atom is -0.396 e. The van der Waals surface area contributed by atoms with Crippen LogP contribution in [0.25, 0.3) is 0 Å². The van der Waals surface area contributed by atoms with E-state index in [0.717, 1.165) is 38.8 Å². The van der Waals surface area contributed by atoms with Crippen LogP contribution in [0.15, 0.2) is 0 Å². The van der Waals surface area contributed by atoms with Gasteiger partial charge in [0, 0.05) is 19.7 Å². The number of nitrogens with zero attached hydrogens (tertiary/aromatic N) is 1. The Labute approximate surface area is 97.8 Å². The number of piperidine rings is 1. The number of hydrogen-bond acceptors (Lipinski definition) is 3. The molecule has 0 spiro atoms. The van der Waals surface area contributed by atoms with E-state index < -0.39 is 0 Å². The van der Waals surface area contributed by atoms with Gasteiger partial charge in [0.15, 0.2) is 0 Å². The molecule has 1 unspecified atom stereocenters. The van der Waals surface area contributed by atoms with Crippen molar-refractivity contribution in [2.45, 2.75) is 45.6 Å². The van der Waals surface area contributed by atoms with Crippen LogP contribution in [0.1, 0.15) is 39.5 Å². The Morgan fingerprint density at radius 2 is 2.25 bits per heavy atom. The lowest BCUT2D eigenvalue weighted by molar-refractivity contribution is -0.136. The van der Waals surface area contributed by atoms with Crippen molar-refractivity contribution < 1.29 is 9.90 Å². The van der Waals surface area contributed by atoms with Gasteiger partial charge >= 0.3 is 0 Å². The SMILES string of the molecule is CC(C)(CCCO)CN1CCCC(N)C1=O. The molecule has 94 valence electrons. The average Bonchev–Trinajstić information content (AvgIpc) is 2.22. The molecule has 1 fully saturated rings. The van der Waals surface area contributed by atoms with Crippen molar-refractivity contribution in [1.29, 1.82) is 0 Å². The number of nitrogens with two attached hydrogens (primary N) is 1. The Bertz CT molecular complexity index is 241. The number of likely N-dealkylation sites (tertiary alicyclic amines) is 1. The first-order valence-electron chi connectivity index (χ1n) is 6.11. The summed E-state index contributed by atoms with van der Waals surface area (Å²) in [7, 11) is 0. The number of carbonyl (C=O) groups is 1. The zero-order valence-electron chi connectivity index (χ0n) is 10.4. The predicted molar refractivity (Wildman–Crippen MR) is 63.9 cm³/mol. The zero-order chi connectivity index (χ0) is 12.2. The number of aliphatic hydroxyl groups excluding tert-OH is 1. The van der Waals surface area contributed by atoms with Crippen molar-refractivity contribution in [2.75, 3.05) is 19.7 Å². The monoisotopic (exact) mass is 228 g/mol. The molecular weight excluding hydrogens is 204 g/mol. The maximum absolute atomic E-state index is 11.8. The molecule has 0 aromatic heterocycles. The molecule has 0 aromatic carbocycles. The van der Waals surface area contributed by atoms with Crippen LogP contribution in [0.5, 0.6) is 0 Å². The molecule has 1 aliphatic heterocycles. The molecule has 0 aromatic rings. The standard InChI is InChI=1S/C12H24N2O2/c1-12(2,6-4-8-15)9-14-7-3-5-10(13)11(14)16/h10,15H,3-9,13H2,1-2H3. The molecule has 3 N–H and O–H groups in total. The quantitative estimate of drug-likeness (QED) is 0.729. The largest absolute Gasteiger partial charge is 0.396 e. The van der Waals surface area contributed by atoms with Crippen LogP contribution in [0, 0.1) is 5.41 Å². The van der Waals surface area contributed by atoms with Gasteiger partial charge in [-0.15, -0.1) is 0 Å². The fourth-order valence-electron chi connectivity index (χ4n) is 2.28. The third-order valence-corrected chi connectivity index (χ3v) is 3.20. The fraction of sp³-hybridized carbons (Fsp3) is 0.917. The number of aliphatic hydroxyl groups is 1. The minimum atomic E-state index is -0.303. The molecule has 4 heteroatoms. The number of amides is 1. The van der Waals surface area contributed by atoms with Gasteiger partial charge in [-0.3, -0.25) is 4.79 Å². The lowest BCUT2D eigenvalue weighted by Gasteiger charge is -2.37. The minimum absolute atomic E-state index is 0.0649.